The number of nitrogens with zero attached hydrogens (tertiary/aromatic N) is 1. The summed E-state index contributed by atoms with van der Waals surface area (Å²) >= 11 is 1.91. The summed E-state index contributed by atoms with van der Waals surface area (Å²) in [7, 11) is 0. The van der Waals surface area contributed by atoms with Gasteiger partial charge in [-0.15, -0.1) is 11.3 Å². The van der Waals surface area contributed by atoms with Gasteiger partial charge in [-0.05, 0) is 36.8 Å². The quantitative estimate of drug-likeness (QED) is 0.877. The Labute approximate surface area is 115 Å². The van der Waals surface area contributed by atoms with Gasteiger partial charge in [0.25, 0.3) is 0 Å². The first-order chi connectivity index (χ1) is 8.72. The molecule has 18 heavy (non-hydrogen) atoms. The zero-order valence-corrected chi connectivity index (χ0v) is 12.7. The van der Waals surface area contributed by atoms with Crippen LogP contribution in [-0.2, 0) is 0 Å². The van der Waals surface area contributed by atoms with Crippen LogP contribution in [0.5, 0.6) is 0 Å². The van der Waals surface area contributed by atoms with E-state index in [9.17, 15) is 0 Å². The maximum Gasteiger partial charge on any atom is 0.0464 e. The van der Waals surface area contributed by atoms with Crippen molar-refractivity contribution in [3.05, 3.63) is 22.4 Å². The molecule has 0 aromatic carbocycles. The molecule has 1 aromatic heterocycles. The Morgan fingerprint density at radius 2 is 2.11 bits per heavy atom. The molecule has 0 saturated carbocycles. The molecule has 0 bridgehead atoms. The summed E-state index contributed by atoms with van der Waals surface area (Å²) in [5.74, 6) is 0.694. The first-order valence-corrected chi connectivity index (χ1v) is 8.11. The fourth-order valence-electron chi connectivity index (χ4n) is 3.06. The van der Waals surface area contributed by atoms with Gasteiger partial charge in [-0.3, -0.25) is 4.90 Å². The molecular formula is C15H26N2S. The predicted molar refractivity (Wildman–Crippen MR) is 80.2 cm³/mol. The third-order valence-corrected chi connectivity index (χ3v) is 4.82. The molecule has 1 aliphatic heterocycles. The molecule has 0 radical (unpaired) electrons. The number of piperidine rings is 1. The van der Waals surface area contributed by atoms with E-state index in [4.69, 9.17) is 0 Å². The summed E-state index contributed by atoms with van der Waals surface area (Å²) in [4.78, 5) is 4.22. The summed E-state index contributed by atoms with van der Waals surface area (Å²) < 4.78 is 0. The largest absolute Gasteiger partial charge is 0.314 e. The Morgan fingerprint density at radius 1 is 1.39 bits per heavy atom. The summed E-state index contributed by atoms with van der Waals surface area (Å²) in [6.07, 6.45) is 2.59. The average Bonchev–Trinajstić information content (AvgIpc) is 2.85. The second kappa shape index (κ2) is 6.69. The second-order valence-electron chi connectivity index (χ2n) is 5.57. The molecule has 0 spiro atoms. The maximum absolute atomic E-state index is 3.58. The Kier molecular flexibility index (Phi) is 5.22. The molecule has 1 aromatic rings. The molecule has 102 valence electrons. The lowest BCUT2D eigenvalue weighted by molar-refractivity contribution is 0.116. The summed E-state index contributed by atoms with van der Waals surface area (Å²) in [6.45, 7) is 10.5. The van der Waals surface area contributed by atoms with Gasteiger partial charge in [0, 0.05) is 30.1 Å². The van der Waals surface area contributed by atoms with Crippen molar-refractivity contribution >= 4 is 11.3 Å². The highest BCUT2D eigenvalue weighted by Gasteiger charge is 2.28. The molecule has 3 heteroatoms. The number of thiophene rings is 1. The van der Waals surface area contributed by atoms with E-state index in [1.807, 2.05) is 11.3 Å². The van der Waals surface area contributed by atoms with Crippen molar-refractivity contribution in [2.75, 3.05) is 19.6 Å². The monoisotopic (exact) mass is 266 g/mol. The highest BCUT2D eigenvalue weighted by atomic mass is 32.1. The summed E-state index contributed by atoms with van der Waals surface area (Å²) in [6, 6.07) is 5.84. The van der Waals surface area contributed by atoms with E-state index in [0.29, 0.717) is 12.0 Å². The van der Waals surface area contributed by atoms with E-state index in [1.165, 1.54) is 30.8 Å². The highest BCUT2D eigenvalue weighted by Crippen LogP contribution is 2.33. The molecule has 1 unspecified atom stereocenters. The van der Waals surface area contributed by atoms with Crippen LogP contribution < -0.4 is 5.32 Å². The fraction of sp³-hybridized carbons (Fsp3) is 0.733. The Morgan fingerprint density at radius 3 is 2.61 bits per heavy atom. The van der Waals surface area contributed by atoms with Gasteiger partial charge in [-0.2, -0.15) is 0 Å². The van der Waals surface area contributed by atoms with Crippen LogP contribution in [0, 0.1) is 5.92 Å². The fourth-order valence-corrected chi connectivity index (χ4v) is 4.09. The Hall–Kier alpha value is -0.380. The number of nitrogens with one attached hydrogen (secondary N) is 1. The van der Waals surface area contributed by atoms with Crippen LogP contribution >= 0.6 is 11.3 Å². The zero-order chi connectivity index (χ0) is 13.0. The summed E-state index contributed by atoms with van der Waals surface area (Å²) in [5.41, 5.74) is 0. The van der Waals surface area contributed by atoms with Crippen LogP contribution in [0.2, 0.25) is 0 Å². The van der Waals surface area contributed by atoms with E-state index >= 15 is 0 Å². The lowest BCUT2D eigenvalue weighted by atomic mass is 9.96. The minimum atomic E-state index is 0.618. The number of hydrogen-bond donors (Lipinski definition) is 1. The predicted octanol–water partition coefficient (Wildman–Crippen LogP) is 3.52. The minimum Gasteiger partial charge on any atom is -0.314 e. The van der Waals surface area contributed by atoms with Gasteiger partial charge < -0.3 is 5.32 Å². The van der Waals surface area contributed by atoms with E-state index < -0.39 is 0 Å². The van der Waals surface area contributed by atoms with Crippen molar-refractivity contribution in [1.82, 2.24) is 10.2 Å². The topological polar surface area (TPSA) is 15.3 Å². The standard InChI is InChI=1S/C15H26N2S/c1-4-16-13-7-9-17(10-8-13)15(12(2)3)14-6-5-11-18-14/h5-6,11-13,15-16H,4,7-10H2,1-3H3. The van der Waals surface area contributed by atoms with E-state index in [1.54, 1.807) is 0 Å². The molecule has 1 fully saturated rings. The first-order valence-electron chi connectivity index (χ1n) is 7.23. The van der Waals surface area contributed by atoms with Crippen molar-refractivity contribution < 1.29 is 0 Å². The van der Waals surface area contributed by atoms with Crippen molar-refractivity contribution in [2.24, 2.45) is 5.92 Å². The van der Waals surface area contributed by atoms with Crippen LogP contribution in [-0.4, -0.2) is 30.6 Å². The van der Waals surface area contributed by atoms with Gasteiger partial charge in [-0.1, -0.05) is 26.8 Å². The zero-order valence-electron chi connectivity index (χ0n) is 11.9. The SMILES string of the molecule is CCNC1CCN(C(c2cccs2)C(C)C)CC1. The van der Waals surface area contributed by atoms with Gasteiger partial charge in [0.05, 0.1) is 0 Å². The van der Waals surface area contributed by atoms with Gasteiger partial charge in [0.1, 0.15) is 0 Å². The molecule has 2 heterocycles. The van der Waals surface area contributed by atoms with Crippen LogP contribution in [0.3, 0.4) is 0 Å². The molecule has 2 nitrogen and oxygen atoms in total. The molecule has 1 atom stereocenters. The van der Waals surface area contributed by atoms with Crippen molar-refractivity contribution in [1.29, 1.82) is 0 Å². The smallest absolute Gasteiger partial charge is 0.0464 e. The van der Waals surface area contributed by atoms with Crippen molar-refractivity contribution in [3.63, 3.8) is 0 Å². The highest BCUT2D eigenvalue weighted by molar-refractivity contribution is 7.10. The van der Waals surface area contributed by atoms with Crippen LogP contribution in [0.15, 0.2) is 17.5 Å². The summed E-state index contributed by atoms with van der Waals surface area (Å²) in [5, 5.41) is 5.79. The van der Waals surface area contributed by atoms with Gasteiger partial charge in [-0.25, -0.2) is 0 Å². The average molecular weight is 266 g/mol. The number of rotatable bonds is 5. The van der Waals surface area contributed by atoms with E-state index in [0.717, 1.165) is 12.6 Å². The number of hydrogen-bond acceptors (Lipinski definition) is 3. The molecule has 0 amide bonds. The number of likely N-dealkylation sites (tertiary alicyclic amines) is 1. The van der Waals surface area contributed by atoms with Crippen LogP contribution in [0.4, 0.5) is 0 Å². The molecule has 1 saturated heterocycles. The van der Waals surface area contributed by atoms with Crippen LogP contribution in [0.25, 0.3) is 0 Å². The molecular weight excluding hydrogens is 240 g/mol. The van der Waals surface area contributed by atoms with E-state index in [-0.39, 0.29) is 0 Å². The molecule has 2 rings (SSSR count). The molecule has 1 aliphatic rings. The molecule has 0 aliphatic carbocycles. The van der Waals surface area contributed by atoms with Gasteiger partial charge >= 0.3 is 0 Å². The Bertz CT molecular complexity index is 326. The Balaban J connectivity index is 1.97. The minimum absolute atomic E-state index is 0.618. The normalized spacial score (nSPS) is 20.4. The maximum atomic E-state index is 3.58. The lowest BCUT2D eigenvalue weighted by Gasteiger charge is -2.39. The van der Waals surface area contributed by atoms with Gasteiger partial charge in [0.15, 0.2) is 0 Å². The lowest BCUT2D eigenvalue weighted by Crippen LogP contribution is -2.44. The molecule has 1 N–H and O–H groups in total. The third-order valence-electron chi connectivity index (χ3n) is 3.88. The van der Waals surface area contributed by atoms with E-state index in [2.05, 4.69) is 48.5 Å². The van der Waals surface area contributed by atoms with Crippen molar-refractivity contribution in [2.45, 2.75) is 45.7 Å². The second-order valence-corrected chi connectivity index (χ2v) is 6.55. The van der Waals surface area contributed by atoms with Gasteiger partial charge in [0.2, 0.25) is 0 Å². The van der Waals surface area contributed by atoms with Crippen LogP contribution in [0.1, 0.15) is 44.5 Å². The first kappa shape index (κ1) is 14.0. The third kappa shape index (κ3) is 3.34. The van der Waals surface area contributed by atoms with Crippen molar-refractivity contribution in [3.8, 4) is 0 Å².